The molecule has 0 radical (unpaired) electrons. The molecule has 8 heteroatoms. The number of hydrogen-bond acceptors (Lipinski definition) is 5. The van der Waals surface area contributed by atoms with Crippen LogP contribution in [0.4, 0.5) is 4.79 Å². The Labute approximate surface area is 122 Å². The highest BCUT2D eigenvalue weighted by Crippen LogP contribution is 2.23. The number of carboxylic acids is 1. The number of nitrogens with one attached hydrogen (secondary N) is 1. The maximum Gasteiger partial charge on any atom is 0.332 e. The van der Waals surface area contributed by atoms with E-state index in [1.54, 1.807) is 6.92 Å². The van der Waals surface area contributed by atoms with Gasteiger partial charge in [-0.2, -0.15) is 0 Å². The number of carbonyl (C=O) groups is 3. The molecule has 8 nitrogen and oxygen atoms in total. The second kappa shape index (κ2) is 6.30. The summed E-state index contributed by atoms with van der Waals surface area (Å²) in [4.78, 5) is 36.9. The first-order valence-corrected chi connectivity index (χ1v) is 7.07. The van der Waals surface area contributed by atoms with Crippen molar-refractivity contribution in [3.63, 3.8) is 0 Å². The molecule has 0 aromatic carbocycles. The minimum atomic E-state index is -1.40. The zero-order chi connectivity index (χ0) is 15.5. The van der Waals surface area contributed by atoms with E-state index < -0.39 is 29.6 Å². The summed E-state index contributed by atoms with van der Waals surface area (Å²) in [7, 11) is 0. The first kappa shape index (κ1) is 15.6. The first-order valence-electron chi connectivity index (χ1n) is 7.07. The second-order valence-electron chi connectivity index (χ2n) is 5.22. The Morgan fingerprint density at radius 1 is 1.48 bits per heavy atom. The van der Waals surface area contributed by atoms with Gasteiger partial charge < -0.3 is 24.8 Å². The van der Waals surface area contributed by atoms with Crippen LogP contribution in [0.1, 0.15) is 26.2 Å². The van der Waals surface area contributed by atoms with E-state index in [4.69, 9.17) is 9.47 Å². The molecule has 2 atom stereocenters. The average Bonchev–Trinajstić information content (AvgIpc) is 3.08. The minimum absolute atomic E-state index is 0.0635. The Hall–Kier alpha value is -1.83. The fraction of sp³-hybridized carbons (Fsp3) is 0.769. The smallest absolute Gasteiger partial charge is 0.332 e. The third kappa shape index (κ3) is 3.10. The van der Waals surface area contributed by atoms with Crippen molar-refractivity contribution >= 4 is 18.0 Å². The molecule has 0 aromatic rings. The van der Waals surface area contributed by atoms with Gasteiger partial charge >= 0.3 is 18.0 Å². The SMILES string of the molecule is CCOC(=O)C1CCCN1C(=O)NC1(C(=O)O)CCOC1. The monoisotopic (exact) mass is 300 g/mol. The van der Waals surface area contributed by atoms with Crippen LogP contribution >= 0.6 is 0 Å². The van der Waals surface area contributed by atoms with E-state index in [2.05, 4.69) is 5.32 Å². The van der Waals surface area contributed by atoms with Gasteiger partial charge in [-0.15, -0.1) is 0 Å². The molecule has 2 saturated heterocycles. The minimum Gasteiger partial charge on any atom is -0.479 e. The van der Waals surface area contributed by atoms with Crippen molar-refractivity contribution in [3.8, 4) is 0 Å². The Kier molecular flexibility index (Phi) is 4.66. The molecule has 0 bridgehead atoms. The van der Waals surface area contributed by atoms with Crippen LogP contribution in [0.15, 0.2) is 0 Å². The maximum atomic E-state index is 12.3. The average molecular weight is 300 g/mol. The first-order chi connectivity index (χ1) is 10.00. The normalized spacial score (nSPS) is 28.4. The predicted octanol–water partition coefficient (Wildman–Crippen LogP) is -0.0328. The van der Waals surface area contributed by atoms with Crippen LogP contribution in [-0.2, 0) is 19.1 Å². The standard InChI is InChI=1S/C13H20N2O6/c1-2-21-10(16)9-4-3-6-15(9)12(19)14-13(11(17)18)5-7-20-8-13/h9H,2-8H2,1H3,(H,14,19)(H,17,18). The van der Waals surface area contributed by atoms with Crippen LogP contribution in [0, 0.1) is 0 Å². The Bertz CT molecular complexity index is 432. The number of urea groups is 1. The highest BCUT2D eigenvalue weighted by molar-refractivity contribution is 5.89. The Morgan fingerprint density at radius 2 is 2.24 bits per heavy atom. The molecule has 2 aliphatic rings. The van der Waals surface area contributed by atoms with Crippen LogP contribution < -0.4 is 5.32 Å². The molecule has 0 aliphatic carbocycles. The lowest BCUT2D eigenvalue weighted by molar-refractivity contribution is -0.147. The summed E-state index contributed by atoms with van der Waals surface area (Å²) in [5.74, 6) is -1.57. The number of hydrogen-bond donors (Lipinski definition) is 2. The van der Waals surface area contributed by atoms with Crippen molar-refractivity contribution in [2.45, 2.75) is 37.8 Å². The summed E-state index contributed by atoms with van der Waals surface area (Å²) >= 11 is 0. The number of rotatable bonds is 4. The van der Waals surface area contributed by atoms with Crippen LogP contribution in [0.5, 0.6) is 0 Å². The molecule has 0 aromatic heterocycles. The van der Waals surface area contributed by atoms with Gasteiger partial charge in [0.05, 0.1) is 13.2 Å². The van der Waals surface area contributed by atoms with Crippen molar-refractivity contribution in [2.75, 3.05) is 26.4 Å². The lowest BCUT2D eigenvalue weighted by Gasteiger charge is -2.29. The van der Waals surface area contributed by atoms with E-state index in [9.17, 15) is 19.5 Å². The van der Waals surface area contributed by atoms with Gasteiger partial charge in [-0.3, -0.25) is 0 Å². The quantitative estimate of drug-likeness (QED) is 0.706. The van der Waals surface area contributed by atoms with E-state index in [1.807, 2.05) is 0 Å². The zero-order valence-corrected chi connectivity index (χ0v) is 12.0. The Morgan fingerprint density at radius 3 is 2.81 bits per heavy atom. The van der Waals surface area contributed by atoms with Gasteiger partial charge in [0.2, 0.25) is 0 Å². The van der Waals surface area contributed by atoms with Gasteiger partial charge in [0.15, 0.2) is 5.54 Å². The summed E-state index contributed by atoms with van der Waals surface area (Å²) in [5.41, 5.74) is -1.40. The molecule has 2 aliphatic heterocycles. The van der Waals surface area contributed by atoms with Crippen molar-refractivity contribution in [3.05, 3.63) is 0 Å². The van der Waals surface area contributed by atoms with Crippen LogP contribution in [0.3, 0.4) is 0 Å². The lowest BCUT2D eigenvalue weighted by Crippen LogP contribution is -2.59. The van der Waals surface area contributed by atoms with Gasteiger partial charge in [-0.05, 0) is 19.8 Å². The predicted molar refractivity (Wildman–Crippen MR) is 70.7 cm³/mol. The summed E-state index contributed by atoms with van der Waals surface area (Å²) in [6.45, 7) is 2.58. The summed E-state index contributed by atoms with van der Waals surface area (Å²) in [5, 5.41) is 11.8. The molecular formula is C13H20N2O6. The van der Waals surface area contributed by atoms with E-state index in [-0.39, 0.29) is 26.2 Å². The van der Waals surface area contributed by atoms with Gasteiger partial charge in [0.1, 0.15) is 6.04 Å². The maximum absolute atomic E-state index is 12.3. The van der Waals surface area contributed by atoms with Crippen LogP contribution in [0.25, 0.3) is 0 Å². The van der Waals surface area contributed by atoms with Crippen molar-refractivity contribution in [1.29, 1.82) is 0 Å². The number of ether oxygens (including phenoxy) is 2. The number of aliphatic carboxylic acids is 1. The summed E-state index contributed by atoms with van der Waals surface area (Å²) in [6, 6.07) is -1.20. The zero-order valence-electron chi connectivity index (χ0n) is 12.0. The molecule has 21 heavy (non-hydrogen) atoms. The van der Waals surface area contributed by atoms with E-state index in [0.717, 1.165) is 0 Å². The number of carboxylic acid groups (broad SMARTS) is 1. The Balaban J connectivity index is 2.05. The fourth-order valence-corrected chi connectivity index (χ4v) is 2.66. The topological polar surface area (TPSA) is 105 Å². The fourth-order valence-electron chi connectivity index (χ4n) is 2.66. The second-order valence-corrected chi connectivity index (χ2v) is 5.22. The van der Waals surface area contributed by atoms with Gasteiger partial charge in [0.25, 0.3) is 0 Å². The molecule has 2 fully saturated rings. The largest absolute Gasteiger partial charge is 0.479 e. The third-order valence-electron chi connectivity index (χ3n) is 3.85. The van der Waals surface area contributed by atoms with Crippen LogP contribution in [0.2, 0.25) is 0 Å². The molecule has 118 valence electrons. The van der Waals surface area contributed by atoms with E-state index in [1.165, 1.54) is 4.90 Å². The molecule has 2 unspecified atom stereocenters. The summed E-state index contributed by atoms with van der Waals surface area (Å²) < 4.78 is 10.0. The number of esters is 1. The number of nitrogens with zero attached hydrogens (tertiary/aromatic N) is 1. The van der Waals surface area contributed by atoms with E-state index in [0.29, 0.717) is 19.4 Å². The molecule has 2 rings (SSSR count). The molecule has 0 spiro atoms. The van der Waals surface area contributed by atoms with Crippen molar-refractivity contribution in [2.24, 2.45) is 0 Å². The summed E-state index contributed by atoms with van der Waals surface area (Å²) in [6.07, 6.45) is 1.43. The molecule has 2 heterocycles. The number of likely N-dealkylation sites (tertiary alicyclic amines) is 1. The number of amides is 2. The molecule has 2 N–H and O–H groups in total. The number of carbonyl (C=O) groups excluding carboxylic acids is 2. The van der Waals surface area contributed by atoms with Gasteiger partial charge in [0, 0.05) is 19.6 Å². The highest BCUT2D eigenvalue weighted by Gasteiger charge is 2.46. The molecule has 2 amide bonds. The molecular weight excluding hydrogens is 280 g/mol. The van der Waals surface area contributed by atoms with Crippen molar-refractivity contribution in [1.82, 2.24) is 10.2 Å². The molecule has 0 saturated carbocycles. The highest BCUT2D eigenvalue weighted by atomic mass is 16.5. The lowest BCUT2D eigenvalue weighted by atomic mass is 9.99. The van der Waals surface area contributed by atoms with Crippen molar-refractivity contribution < 1.29 is 29.0 Å². The van der Waals surface area contributed by atoms with Gasteiger partial charge in [-0.25, -0.2) is 14.4 Å². The van der Waals surface area contributed by atoms with E-state index >= 15 is 0 Å². The van der Waals surface area contributed by atoms with Crippen LogP contribution in [-0.4, -0.2) is 65.9 Å². The van der Waals surface area contributed by atoms with Gasteiger partial charge in [-0.1, -0.05) is 0 Å². The third-order valence-corrected chi connectivity index (χ3v) is 3.85.